The number of hydrogen-bond acceptors (Lipinski definition) is 8. The number of hydrogen-bond donors (Lipinski definition) is 6. The molecule has 0 aliphatic carbocycles. The van der Waals surface area contributed by atoms with Crippen LogP contribution in [0.3, 0.4) is 0 Å². The molecule has 0 aromatic rings. The van der Waals surface area contributed by atoms with E-state index in [1.807, 2.05) is 0 Å². The maximum Gasteiger partial charge on any atom is 0.220 e. The van der Waals surface area contributed by atoms with Gasteiger partial charge in [0.05, 0.1) is 25.4 Å². The Kier molecular flexibility index (Phi) is 36.6. The van der Waals surface area contributed by atoms with Crippen molar-refractivity contribution in [3.8, 4) is 0 Å². The molecule has 1 aliphatic rings. The molecule has 9 nitrogen and oxygen atoms in total. The highest BCUT2D eigenvalue weighted by molar-refractivity contribution is 5.76. The van der Waals surface area contributed by atoms with Gasteiger partial charge in [-0.3, -0.25) is 4.79 Å². The van der Waals surface area contributed by atoms with Gasteiger partial charge < -0.3 is 40.3 Å². The predicted molar refractivity (Wildman–Crippen MR) is 235 cm³/mol. The molecule has 1 fully saturated rings. The Bertz CT molecular complexity index is 945. The summed E-state index contributed by atoms with van der Waals surface area (Å²) in [4.78, 5) is 12.8. The summed E-state index contributed by atoms with van der Waals surface area (Å²) < 4.78 is 11.1. The minimum absolute atomic E-state index is 0.140. The van der Waals surface area contributed by atoms with Crippen molar-refractivity contribution in [2.45, 2.75) is 262 Å². The van der Waals surface area contributed by atoms with Crippen LogP contribution < -0.4 is 5.32 Å². The van der Waals surface area contributed by atoms with Gasteiger partial charge in [0.25, 0.3) is 0 Å². The van der Waals surface area contributed by atoms with Gasteiger partial charge in [-0.2, -0.15) is 0 Å². The van der Waals surface area contributed by atoms with Crippen LogP contribution in [0, 0.1) is 0 Å². The van der Waals surface area contributed by atoms with Gasteiger partial charge in [0.2, 0.25) is 5.91 Å². The Morgan fingerprint density at radius 3 is 1.51 bits per heavy atom. The number of rotatable bonds is 40. The van der Waals surface area contributed by atoms with Gasteiger partial charge in [0, 0.05) is 6.42 Å². The van der Waals surface area contributed by atoms with E-state index in [2.05, 4.69) is 43.5 Å². The van der Waals surface area contributed by atoms with Crippen LogP contribution in [0.2, 0.25) is 0 Å². The lowest BCUT2D eigenvalue weighted by Gasteiger charge is -2.40. The van der Waals surface area contributed by atoms with Crippen molar-refractivity contribution < 1.29 is 39.8 Å². The number of amides is 1. The summed E-state index contributed by atoms with van der Waals surface area (Å²) in [6, 6.07) is -0.711. The Balaban J connectivity index is 1.97. The van der Waals surface area contributed by atoms with Crippen molar-refractivity contribution in [2.75, 3.05) is 13.2 Å². The maximum absolute atomic E-state index is 12.8. The molecule has 1 rings (SSSR count). The van der Waals surface area contributed by atoms with Crippen molar-refractivity contribution >= 4 is 5.91 Å². The van der Waals surface area contributed by atoms with Crippen molar-refractivity contribution in [1.82, 2.24) is 5.32 Å². The van der Waals surface area contributed by atoms with E-state index in [0.717, 1.165) is 44.9 Å². The maximum atomic E-state index is 12.8. The third-order valence-corrected chi connectivity index (χ3v) is 11.6. The second kappa shape index (κ2) is 38.8. The summed E-state index contributed by atoms with van der Waals surface area (Å²) in [7, 11) is 0. The van der Waals surface area contributed by atoms with E-state index in [1.165, 1.54) is 148 Å². The first-order chi connectivity index (χ1) is 27.8. The summed E-state index contributed by atoms with van der Waals surface area (Å²) >= 11 is 0. The van der Waals surface area contributed by atoms with Gasteiger partial charge in [0.15, 0.2) is 6.29 Å². The third kappa shape index (κ3) is 29.5. The lowest BCUT2D eigenvalue weighted by molar-refractivity contribution is -0.302. The first-order valence-electron chi connectivity index (χ1n) is 24.0. The first kappa shape index (κ1) is 53.7. The molecule has 1 amide bonds. The number of carbonyl (C=O) groups is 1. The Morgan fingerprint density at radius 1 is 0.596 bits per heavy atom. The average molecular weight is 810 g/mol. The largest absolute Gasteiger partial charge is 0.394 e. The molecule has 0 aromatic heterocycles. The molecule has 7 atom stereocenters. The summed E-state index contributed by atoms with van der Waals surface area (Å²) in [6.45, 7) is 3.66. The quantitative estimate of drug-likeness (QED) is 0.0265. The summed E-state index contributed by atoms with van der Waals surface area (Å²) in [5.74, 6) is -0.154. The van der Waals surface area contributed by atoms with E-state index >= 15 is 0 Å². The van der Waals surface area contributed by atoms with Crippen molar-refractivity contribution in [2.24, 2.45) is 0 Å². The molecular weight excluding hydrogens is 719 g/mol. The number of unbranched alkanes of at least 4 members (excludes halogenated alkanes) is 26. The number of aliphatic hydroxyl groups excluding tert-OH is 5. The monoisotopic (exact) mass is 810 g/mol. The lowest BCUT2D eigenvalue weighted by atomic mass is 9.99. The normalized spacial score (nSPS) is 21.1. The fourth-order valence-electron chi connectivity index (χ4n) is 7.66. The van der Waals surface area contributed by atoms with Crippen LogP contribution in [-0.4, -0.2) is 87.5 Å². The number of ether oxygens (including phenoxy) is 2. The van der Waals surface area contributed by atoms with Crippen LogP contribution >= 0.6 is 0 Å². The average Bonchev–Trinajstić information content (AvgIpc) is 3.21. The van der Waals surface area contributed by atoms with Crippen LogP contribution in [0.1, 0.15) is 219 Å². The molecule has 0 radical (unpaired) electrons. The Morgan fingerprint density at radius 2 is 1.04 bits per heavy atom. The fourth-order valence-corrected chi connectivity index (χ4v) is 7.66. The third-order valence-electron chi connectivity index (χ3n) is 11.6. The molecule has 0 bridgehead atoms. The smallest absolute Gasteiger partial charge is 0.220 e. The topological polar surface area (TPSA) is 149 Å². The lowest BCUT2D eigenvalue weighted by Crippen LogP contribution is -2.60. The van der Waals surface area contributed by atoms with E-state index in [1.54, 1.807) is 0 Å². The number of nitrogens with one attached hydrogen (secondary N) is 1. The minimum atomic E-state index is -1.55. The molecular formula is C48H91NO8. The summed E-state index contributed by atoms with van der Waals surface area (Å²) in [5, 5.41) is 53.6. The zero-order valence-electron chi connectivity index (χ0n) is 36.9. The molecule has 336 valence electrons. The van der Waals surface area contributed by atoms with Gasteiger partial charge in [-0.15, -0.1) is 0 Å². The molecule has 0 aromatic carbocycles. The van der Waals surface area contributed by atoms with E-state index in [0.29, 0.717) is 12.8 Å². The number of allylic oxidation sites excluding steroid dienone is 4. The summed E-state index contributed by atoms with van der Waals surface area (Å²) in [6.07, 6.45) is 40.2. The van der Waals surface area contributed by atoms with Gasteiger partial charge in [0.1, 0.15) is 24.4 Å². The fraction of sp³-hybridized carbons (Fsp3) is 0.896. The van der Waals surface area contributed by atoms with E-state index in [9.17, 15) is 30.3 Å². The summed E-state index contributed by atoms with van der Waals surface area (Å²) in [5.41, 5.74) is 0. The van der Waals surface area contributed by atoms with Gasteiger partial charge in [-0.25, -0.2) is 0 Å². The highest BCUT2D eigenvalue weighted by Gasteiger charge is 2.44. The highest BCUT2D eigenvalue weighted by atomic mass is 16.7. The van der Waals surface area contributed by atoms with Gasteiger partial charge in [-0.05, 0) is 44.9 Å². The Labute approximate surface area is 349 Å². The first-order valence-corrected chi connectivity index (χ1v) is 24.0. The second-order valence-corrected chi connectivity index (χ2v) is 16.9. The highest BCUT2D eigenvalue weighted by Crippen LogP contribution is 2.23. The van der Waals surface area contributed by atoms with Crippen molar-refractivity contribution in [1.29, 1.82) is 0 Å². The second-order valence-electron chi connectivity index (χ2n) is 16.9. The molecule has 6 N–H and O–H groups in total. The van der Waals surface area contributed by atoms with E-state index < -0.39 is 49.5 Å². The van der Waals surface area contributed by atoms with Crippen molar-refractivity contribution in [3.05, 3.63) is 24.3 Å². The van der Waals surface area contributed by atoms with Crippen molar-refractivity contribution in [3.63, 3.8) is 0 Å². The minimum Gasteiger partial charge on any atom is -0.394 e. The number of aliphatic hydroxyl groups is 5. The van der Waals surface area contributed by atoms with Crippen LogP contribution in [0.25, 0.3) is 0 Å². The van der Waals surface area contributed by atoms with E-state index in [-0.39, 0.29) is 12.5 Å². The molecule has 0 spiro atoms. The molecule has 1 heterocycles. The van der Waals surface area contributed by atoms with Gasteiger partial charge in [-0.1, -0.05) is 192 Å². The molecule has 57 heavy (non-hydrogen) atoms. The molecule has 0 saturated carbocycles. The molecule has 1 aliphatic heterocycles. The van der Waals surface area contributed by atoms with Crippen LogP contribution in [0.15, 0.2) is 24.3 Å². The Hall–Kier alpha value is -1.33. The van der Waals surface area contributed by atoms with Crippen LogP contribution in [-0.2, 0) is 14.3 Å². The molecule has 1 saturated heterocycles. The van der Waals surface area contributed by atoms with E-state index in [4.69, 9.17) is 9.47 Å². The molecule has 7 unspecified atom stereocenters. The SMILES string of the molecule is CCCCCCC/C=C\C/C=C\CCCCCCCCCCCCCCCCCCCCCC(=O)NC(COC1OC(CO)C(O)C(O)C1O)C(O)CCCCC. The molecule has 9 heteroatoms. The number of carbonyl (C=O) groups excluding carboxylic acids is 1. The van der Waals surface area contributed by atoms with Gasteiger partial charge >= 0.3 is 0 Å². The zero-order valence-corrected chi connectivity index (χ0v) is 36.9. The zero-order chi connectivity index (χ0) is 41.6. The van der Waals surface area contributed by atoms with Crippen LogP contribution in [0.5, 0.6) is 0 Å². The van der Waals surface area contributed by atoms with Crippen LogP contribution in [0.4, 0.5) is 0 Å². The standard InChI is InChI=1S/C48H91NO8/c1-3-5-7-8-9-10-11-12-13-14-15-16-17-18-19-20-21-22-23-24-25-26-27-28-29-30-31-32-33-34-36-38-44(52)49-41(42(51)37-35-6-4-2)40-56-48-47(55)46(54)45(53)43(39-50)57-48/h11-12,14-15,41-43,45-48,50-51,53-55H,3-10,13,16-40H2,1-2H3,(H,49,52)/b12-11-,15-14-. The predicted octanol–water partition coefficient (Wildman–Crippen LogP) is 10.3.